The molecule has 0 bridgehead atoms. The Morgan fingerprint density at radius 1 is 1.42 bits per heavy atom. The predicted octanol–water partition coefficient (Wildman–Crippen LogP) is -0.472. The molecule has 0 saturated heterocycles. The van der Waals surface area contributed by atoms with Gasteiger partial charge in [0, 0.05) is 5.92 Å². The summed E-state index contributed by atoms with van der Waals surface area (Å²) in [4.78, 5) is 10.6. The van der Waals surface area contributed by atoms with Gasteiger partial charge < -0.3 is 5.73 Å². The van der Waals surface area contributed by atoms with Crippen LogP contribution in [0.1, 0.15) is 19.3 Å². The maximum absolute atomic E-state index is 10.6. The Balaban J connectivity index is 2.64. The first-order valence-corrected chi connectivity index (χ1v) is 5.17. The molecule has 1 saturated carbocycles. The molecule has 6 heteroatoms. The zero-order valence-corrected chi connectivity index (χ0v) is 7.25. The van der Waals surface area contributed by atoms with Crippen LogP contribution in [0.5, 0.6) is 0 Å². The van der Waals surface area contributed by atoms with Crippen molar-refractivity contribution in [2.24, 2.45) is 11.7 Å². The minimum atomic E-state index is -3.98. The molecule has 2 atom stereocenters. The van der Waals surface area contributed by atoms with Crippen LogP contribution in [0.3, 0.4) is 0 Å². The van der Waals surface area contributed by atoms with Gasteiger partial charge in [-0.2, -0.15) is 8.42 Å². The molecule has 70 valence electrons. The Morgan fingerprint density at radius 3 is 2.25 bits per heavy atom. The van der Waals surface area contributed by atoms with Crippen LogP contribution in [0, 0.1) is 5.92 Å². The third kappa shape index (κ3) is 1.95. The molecule has 0 aromatic carbocycles. The Morgan fingerprint density at radius 2 is 2.00 bits per heavy atom. The van der Waals surface area contributed by atoms with Crippen molar-refractivity contribution in [2.45, 2.75) is 24.5 Å². The van der Waals surface area contributed by atoms with Crippen LogP contribution in [0.4, 0.5) is 0 Å². The maximum Gasteiger partial charge on any atom is 0.267 e. The minimum absolute atomic E-state index is 0.161. The van der Waals surface area contributed by atoms with Gasteiger partial charge in [-0.1, -0.05) is 0 Å². The molecule has 3 N–H and O–H groups in total. The summed E-state index contributed by atoms with van der Waals surface area (Å²) < 4.78 is 29.8. The van der Waals surface area contributed by atoms with Crippen LogP contribution in [-0.2, 0) is 14.9 Å². The van der Waals surface area contributed by atoms with Crippen LogP contribution < -0.4 is 5.73 Å². The molecular weight excluding hydrogens is 182 g/mol. The van der Waals surface area contributed by atoms with E-state index in [1.165, 1.54) is 0 Å². The molecule has 0 radical (unpaired) electrons. The first-order chi connectivity index (χ1) is 5.41. The number of nitrogens with two attached hydrogens (primary N) is 1. The standard InChI is InChI=1S/C6H11NO4S/c7-6(8)4-1-2-5(3-4)12(9,10)11/h4-5H,1-3H2,(H2,7,8)(H,9,10,11)/t4-,5-/m0/s1. The summed E-state index contributed by atoms with van der Waals surface area (Å²) in [5, 5.41) is -0.796. The van der Waals surface area contributed by atoms with Crippen LogP contribution in [0.25, 0.3) is 0 Å². The number of amides is 1. The molecule has 1 amide bonds. The Hall–Kier alpha value is -0.620. The van der Waals surface area contributed by atoms with Gasteiger partial charge in [-0.15, -0.1) is 0 Å². The number of rotatable bonds is 2. The third-order valence-electron chi connectivity index (χ3n) is 2.21. The van der Waals surface area contributed by atoms with E-state index in [0.29, 0.717) is 12.8 Å². The van der Waals surface area contributed by atoms with Crippen molar-refractivity contribution in [3.63, 3.8) is 0 Å². The van der Waals surface area contributed by atoms with Crippen molar-refractivity contribution >= 4 is 16.0 Å². The van der Waals surface area contributed by atoms with Gasteiger partial charge in [0.15, 0.2) is 0 Å². The summed E-state index contributed by atoms with van der Waals surface area (Å²) in [6.07, 6.45) is 0.945. The normalized spacial score (nSPS) is 30.4. The quantitative estimate of drug-likeness (QED) is 0.579. The second kappa shape index (κ2) is 3.02. The second-order valence-electron chi connectivity index (χ2n) is 3.05. The fourth-order valence-corrected chi connectivity index (χ4v) is 2.38. The highest BCUT2D eigenvalue weighted by molar-refractivity contribution is 7.86. The topological polar surface area (TPSA) is 97.5 Å². The summed E-state index contributed by atoms with van der Waals surface area (Å²) >= 11 is 0. The van der Waals surface area contributed by atoms with E-state index in [4.69, 9.17) is 10.3 Å². The molecule has 1 aliphatic rings. The largest absolute Gasteiger partial charge is 0.369 e. The highest BCUT2D eigenvalue weighted by Crippen LogP contribution is 2.29. The van der Waals surface area contributed by atoms with Crippen LogP contribution >= 0.6 is 0 Å². The van der Waals surface area contributed by atoms with Gasteiger partial charge in [-0.3, -0.25) is 9.35 Å². The fraction of sp³-hybridized carbons (Fsp3) is 0.833. The van der Waals surface area contributed by atoms with E-state index in [-0.39, 0.29) is 6.42 Å². The average Bonchev–Trinajstić information content (AvgIpc) is 2.30. The molecule has 12 heavy (non-hydrogen) atoms. The van der Waals surface area contributed by atoms with Crippen molar-refractivity contribution in [2.75, 3.05) is 0 Å². The Labute approximate surface area is 70.7 Å². The molecule has 0 aliphatic heterocycles. The molecule has 0 spiro atoms. The van der Waals surface area contributed by atoms with E-state index >= 15 is 0 Å². The van der Waals surface area contributed by atoms with Crippen LogP contribution in [0.15, 0.2) is 0 Å². The van der Waals surface area contributed by atoms with Gasteiger partial charge in [-0.05, 0) is 19.3 Å². The summed E-state index contributed by atoms with van der Waals surface area (Å²) in [6, 6.07) is 0. The number of primary amides is 1. The number of hydrogen-bond donors (Lipinski definition) is 2. The smallest absolute Gasteiger partial charge is 0.267 e. The summed E-state index contributed by atoms with van der Waals surface area (Å²) in [5.41, 5.74) is 4.99. The first-order valence-electron chi connectivity index (χ1n) is 3.67. The van der Waals surface area contributed by atoms with Gasteiger partial charge in [0.05, 0.1) is 5.25 Å². The fourth-order valence-electron chi connectivity index (χ4n) is 1.47. The van der Waals surface area contributed by atoms with E-state index in [1.807, 2.05) is 0 Å². The number of carbonyl (C=O) groups excluding carboxylic acids is 1. The Bertz CT molecular complexity index is 284. The van der Waals surface area contributed by atoms with Gasteiger partial charge >= 0.3 is 0 Å². The van der Waals surface area contributed by atoms with E-state index in [0.717, 1.165) is 0 Å². The lowest BCUT2D eigenvalue weighted by Gasteiger charge is -2.04. The first kappa shape index (κ1) is 9.47. The van der Waals surface area contributed by atoms with Gasteiger partial charge in [-0.25, -0.2) is 0 Å². The predicted molar refractivity (Wildman–Crippen MR) is 41.9 cm³/mol. The molecule has 1 aliphatic carbocycles. The van der Waals surface area contributed by atoms with Gasteiger partial charge in [0.1, 0.15) is 0 Å². The number of hydrogen-bond acceptors (Lipinski definition) is 3. The van der Waals surface area contributed by atoms with E-state index < -0.39 is 27.2 Å². The van der Waals surface area contributed by atoms with E-state index in [9.17, 15) is 13.2 Å². The SMILES string of the molecule is NC(=O)[C@H]1CC[C@H](S(=O)(=O)O)C1. The molecule has 0 aromatic rings. The van der Waals surface area contributed by atoms with Crippen molar-refractivity contribution in [1.82, 2.24) is 0 Å². The van der Waals surface area contributed by atoms with Crippen molar-refractivity contribution in [1.29, 1.82) is 0 Å². The summed E-state index contributed by atoms with van der Waals surface area (Å²) in [7, 11) is -3.98. The van der Waals surface area contributed by atoms with E-state index in [1.54, 1.807) is 0 Å². The third-order valence-corrected chi connectivity index (χ3v) is 3.48. The monoisotopic (exact) mass is 193 g/mol. The lowest BCUT2D eigenvalue weighted by atomic mass is 10.1. The molecule has 0 heterocycles. The second-order valence-corrected chi connectivity index (χ2v) is 4.75. The van der Waals surface area contributed by atoms with Crippen LogP contribution in [-0.4, -0.2) is 24.1 Å². The molecule has 1 rings (SSSR count). The van der Waals surface area contributed by atoms with Crippen LogP contribution in [0.2, 0.25) is 0 Å². The molecule has 5 nitrogen and oxygen atoms in total. The lowest BCUT2D eigenvalue weighted by molar-refractivity contribution is -0.121. The average molecular weight is 193 g/mol. The zero-order valence-electron chi connectivity index (χ0n) is 6.43. The molecule has 0 aromatic heterocycles. The summed E-state index contributed by atoms with van der Waals surface area (Å²) in [5.74, 6) is -0.877. The Kier molecular flexibility index (Phi) is 2.39. The molecule has 0 unspecified atom stereocenters. The van der Waals surface area contributed by atoms with Crippen molar-refractivity contribution in [3.05, 3.63) is 0 Å². The molecule has 1 fully saturated rings. The lowest BCUT2D eigenvalue weighted by Crippen LogP contribution is -2.23. The van der Waals surface area contributed by atoms with Crippen molar-refractivity contribution < 1.29 is 17.8 Å². The highest BCUT2D eigenvalue weighted by atomic mass is 32.2. The van der Waals surface area contributed by atoms with Crippen molar-refractivity contribution in [3.8, 4) is 0 Å². The number of carbonyl (C=O) groups is 1. The maximum atomic E-state index is 10.6. The summed E-state index contributed by atoms with van der Waals surface area (Å²) in [6.45, 7) is 0. The minimum Gasteiger partial charge on any atom is -0.369 e. The molecular formula is C6H11NO4S. The van der Waals surface area contributed by atoms with E-state index in [2.05, 4.69) is 0 Å². The highest BCUT2D eigenvalue weighted by Gasteiger charge is 2.35. The zero-order chi connectivity index (χ0) is 9.35. The van der Waals surface area contributed by atoms with Gasteiger partial charge in [0.25, 0.3) is 10.1 Å². The van der Waals surface area contributed by atoms with Gasteiger partial charge in [0.2, 0.25) is 5.91 Å².